The van der Waals surface area contributed by atoms with Gasteiger partial charge in [0.25, 0.3) is 0 Å². The summed E-state index contributed by atoms with van der Waals surface area (Å²) >= 11 is 0. The molecule has 0 unspecified atom stereocenters. The summed E-state index contributed by atoms with van der Waals surface area (Å²) in [7, 11) is 0. The summed E-state index contributed by atoms with van der Waals surface area (Å²) in [4.78, 5) is 15.3. The largest absolute Gasteiger partial charge is 0.456 e. The lowest BCUT2D eigenvalue weighted by atomic mass is 10.0. The maximum absolute atomic E-state index is 6.30. The Balaban J connectivity index is 0.959. The number of hydrogen-bond donors (Lipinski definition) is 0. The number of benzene rings is 9. The Bertz CT molecular complexity index is 3880. The Morgan fingerprint density at radius 3 is 1.33 bits per heavy atom. The molecule has 4 heterocycles. The minimum absolute atomic E-state index is 0.578. The summed E-state index contributed by atoms with van der Waals surface area (Å²) in [5.74, 6) is 1.77. The van der Waals surface area contributed by atoms with Gasteiger partial charge in [-0.05, 0) is 90.0 Å². The van der Waals surface area contributed by atoms with Crippen molar-refractivity contribution in [3.63, 3.8) is 0 Å². The second-order valence-electron chi connectivity index (χ2n) is 16.0. The Morgan fingerprint density at radius 1 is 0.286 bits per heavy atom. The van der Waals surface area contributed by atoms with Gasteiger partial charge in [-0.15, -0.1) is 0 Å². The van der Waals surface area contributed by atoms with Crippen LogP contribution in [0.3, 0.4) is 0 Å². The molecule has 13 aromatic rings. The number of para-hydroxylation sites is 4. The molecule has 6 heteroatoms. The Labute approximate surface area is 361 Å². The molecular weight excluding hydrogens is 771 g/mol. The summed E-state index contributed by atoms with van der Waals surface area (Å²) in [6, 6.07) is 74.4. The van der Waals surface area contributed by atoms with E-state index in [2.05, 4.69) is 191 Å². The molecule has 0 bridgehead atoms. The van der Waals surface area contributed by atoms with Crippen molar-refractivity contribution in [1.82, 2.24) is 24.1 Å². The normalized spacial score (nSPS) is 11.8. The first-order chi connectivity index (χ1) is 31.2. The van der Waals surface area contributed by atoms with Crippen molar-refractivity contribution < 1.29 is 4.42 Å². The summed E-state index contributed by atoms with van der Waals surface area (Å²) < 4.78 is 11.1. The van der Waals surface area contributed by atoms with Gasteiger partial charge in [-0.2, -0.15) is 0 Å². The van der Waals surface area contributed by atoms with Gasteiger partial charge in [0.1, 0.15) is 11.2 Å². The second kappa shape index (κ2) is 14.0. The van der Waals surface area contributed by atoms with Gasteiger partial charge in [-0.25, -0.2) is 15.0 Å². The van der Waals surface area contributed by atoms with E-state index in [0.717, 1.165) is 72.2 Å². The molecular formula is C57H35N5O. The van der Waals surface area contributed by atoms with Crippen molar-refractivity contribution in [2.45, 2.75) is 0 Å². The molecule has 0 aliphatic rings. The van der Waals surface area contributed by atoms with Gasteiger partial charge in [0.2, 0.25) is 0 Å². The SMILES string of the molecule is c1ccc(-c2ccc(-c3nc(-c4ccc(-n5c6ccccc6c6c7c8ccccc8n(-c8ccccc8)c7ccc65)cc4)nc(-c4ccc5c(c4)oc4ccccc45)n3)cc2)cc1. The lowest BCUT2D eigenvalue weighted by molar-refractivity contribution is 0.669. The van der Waals surface area contributed by atoms with Crippen molar-refractivity contribution in [2.75, 3.05) is 0 Å². The molecule has 0 fully saturated rings. The molecule has 0 aliphatic carbocycles. The van der Waals surface area contributed by atoms with Crippen LogP contribution in [0.2, 0.25) is 0 Å². The topological polar surface area (TPSA) is 61.7 Å². The molecule has 0 aliphatic heterocycles. The van der Waals surface area contributed by atoms with Gasteiger partial charge in [0, 0.05) is 60.4 Å². The number of hydrogen-bond acceptors (Lipinski definition) is 4. The first-order valence-corrected chi connectivity index (χ1v) is 21.2. The fourth-order valence-corrected chi connectivity index (χ4v) is 9.48. The standard InChI is InChI=1S/C57H35N5O/c1-3-13-36(14-4-1)37-23-25-38(26-24-37)55-58-56(60-57(59-55)40-29-32-44-43-17-9-12-22-51(43)63-52(44)35-40)39-27-30-42(31-28-39)62-48-21-11-8-19-46(48)54-50(62)34-33-49-53(54)45-18-7-10-20-47(45)61(49)41-15-5-2-6-16-41/h1-35H. The minimum Gasteiger partial charge on any atom is -0.456 e. The molecule has 9 aromatic carbocycles. The van der Waals surface area contributed by atoms with Gasteiger partial charge < -0.3 is 13.6 Å². The maximum Gasteiger partial charge on any atom is 0.164 e. The Hall–Kier alpha value is -8.61. The monoisotopic (exact) mass is 805 g/mol. The molecule has 0 amide bonds. The average Bonchev–Trinajstić information content (AvgIpc) is 4.02. The highest BCUT2D eigenvalue weighted by Gasteiger charge is 2.21. The highest BCUT2D eigenvalue weighted by atomic mass is 16.3. The zero-order chi connectivity index (χ0) is 41.4. The maximum atomic E-state index is 6.30. The summed E-state index contributed by atoms with van der Waals surface area (Å²) in [6.45, 7) is 0. The second-order valence-corrected chi connectivity index (χ2v) is 16.0. The van der Waals surface area contributed by atoms with Crippen molar-refractivity contribution >= 4 is 65.6 Å². The van der Waals surface area contributed by atoms with Crippen LogP contribution in [0, 0.1) is 0 Å². The van der Waals surface area contributed by atoms with E-state index in [4.69, 9.17) is 19.4 Å². The van der Waals surface area contributed by atoms with Crippen LogP contribution in [-0.4, -0.2) is 24.1 Å². The van der Waals surface area contributed by atoms with Crippen LogP contribution in [0.1, 0.15) is 0 Å². The first-order valence-electron chi connectivity index (χ1n) is 21.2. The zero-order valence-electron chi connectivity index (χ0n) is 33.9. The molecule has 0 radical (unpaired) electrons. The molecule has 4 aromatic heterocycles. The van der Waals surface area contributed by atoms with Crippen LogP contribution in [-0.2, 0) is 0 Å². The van der Waals surface area contributed by atoms with Crippen LogP contribution < -0.4 is 0 Å². The van der Waals surface area contributed by atoms with Crippen molar-refractivity contribution in [2.24, 2.45) is 0 Å². The molecule has 294 valence electrons. The van der Waals surface area contributed by atoms with E-state index in [1.54, 1.807) is 0 Å². The summed E-state index contributed by atoms with van der Waals surface area (Å²) in [6.07, 6.45) is 0. The van der Waals surface area contributed by atoms with Crippen LogP contribution in [0.15, 0.2) is 217 Å². The van der Waals surface area contributed by atoms with Gasteiger partial charge >= 0.3 is 0 Å². The number of fused-ring (bicyclic) bond motifs is 10. The molecule has 0 atom stereocenters. The molecule has 13 rings (SSSR count). The predicted molar refractivity (Wildman–Crippen MR) is 258 cm³/mol. The van der Waals surface area contributed by atoms with Crippen LogP contribution in [0.25, 0.3) is 122 Å². The van der Waals surface area contributed by atoms with E-state index in [1.807, 2.05) is 30.3 Å². The third-order valence-electron chi connectivity index (χ3n) is 12.4. The Kier molecular flexibility index (Phi) is 7.80. The lowest BCUT2D eigenvalue weighted by Gasteiger charge is -2.11. The molecule has 6 nitrogen and oxygen atoms in total. The van der Waals surface area contributed by atoms with Gasteiger partial charge in [-0.3, -0.25) is 0 Å². The van der Waals surface area contributed by atoms with E-state index in [0.29, 0.717) is 17.5 Å². The molecule has 0 saturated heterocycles. The van der Waals surface area contributed by atoms with Gasteiger partial charge in [-0.1, -0.05) is 133 Å². The van der Waals surface area contributed by atoms with E-state index in [1.165, 1.54) is 32.6 Å². The van der Waals surface area contributed by atoms with E-state index < -0.39 is 0 Å². The van der Waals surface area contributed by atoms with E-state index in [-0.39, 0.29) is 0 Å². The fourth-order valence-electron chi connectivity index (χ4n) is 9.48. The van der Waals surface area contributed by atoms with Gasteiger partial charge in [0.05, 0.1) is 22.1 Å². The summed E-state index contributed by atoms with van der Waals surface area (Å²) in [5, 5.41) is 7.08. The molecule has 0 N–H and O–H groups in total. The number of nitrogens with zero attached hydrogens (tertiary/aromatic N) is 5. The van der Waals surface area contributed by atoms with E-state index in [9.17, 15) is 0 Å². The zero-order valence-corrected chi connectivity index (χ0v) is 33.9. The third-order valence-corrected chi connectivity index (χ3v) is 12.4. The van der Waals surface area contributed by atoms with E-state index >= 15 is 0 Å². The van der Waals surface area contributed by atoms with Crippen LogP contribution in [0.5, 0.6) is 0 Å². The highest BCUT2D eigenvalue weighted by molar-refractivity contribution is 6.29. The number of rotatable bonds is 6. The van der Waals surface area contributed by atoms with Crippen LogP contribution >= 0.6 is 0 Å². The number of furan rings is 1. The van der Waals surface area contributed by atoms with Gasteiger partial charge in [0.15, 0.2) is 17.5 Å². The lowest BCUT2D eigenvalue weighted by Crippen LogP contribution is -2.00. The van der Waals surface area contributed by atoms with Crippen molar-refractivity contribution in [1.29, 1.82) is 0 Å². The minimum atomic E-state index is 0.578. The first kappa shape index (κ1) is 35.2. The highest BCUT2D eigenvalue weighted by Crippen LogP contribution is 2.42. The smallest absolute Gasteiger partial charge is 0.164 e. The Morgan fingerprint density at radius 2 is 0.714 bits per heavy atom. The predicted octanol–water partition coefficient (Wildman–Crippen LogP) is 14.6. The average molecular weight is 806 g/mol. The summed E-state index contributed by atoms with van der Waals surface area (Å²) in [5.41, 5.74) is 13.5. The van der Waals surface area contributed by atoms with Crippen LogP contribution in [0.4, 0.5) is 0 Å². The molecule has 0 saturated carbocycles. The molecule has 63 heavy (non-hydrogen) atoms. The third kappa shape index (κ3) is 5.62. The molecule has 0 spiro atoms. The fraction of sp³-hybridized carbons (Fsp3) is 0. The quantitative estimate of drug-likeness (QED) is 0.168. The number of aromatic nitrogens is 5. The van der Waals surface area contributed by atoms with Crippen molar-refractivity contribution in [3.05, 3.63) is 212 Å². The van der Waals surface area contributed by atoms with Crippen molar-refractivity contribution in [3.8, 4) is 56.7 Å².